The molecule has 0 bridgehead atoms. The average Bonchev–Trinajstić information content (AvgIpc) is 2.16. The SMILES string of the molecule is CCN(C)CCNS(=O)(=O)CCCC(=O)O. The first kappa shape index (κ1) is 15.3. The van der Waals surface area contributed by atoms with E-state index in [1.807, 2.05) is 18.9 Å². The summed E-state index contributed by atoms with van der Waals surface area (Å²) in [4.78, 5) is 12.2. The summed E-state index contributed by atoms with van der Waals surface area (Å²) in [6, 6.07) is 0. The van der Waals surface area contributed by atoms with Gasteiger partial charge >= 0.3 is 5.97 Å². The molecule has 0 aromatic carbocycles. The summed E-state index contributed by atoms with van der Waals surface area (Å²) in [5, 5.41) is 8.37. The monoisotopic (exact) mass is 252 g/mol. The van der Waals surface area contributed by atoms with E-state index in [0.29, 0.717) is 13.1 Å². The molecule has 0 fully saturated rings. The van der Waals surface area contributed by atoms with E-state index in [9.17, 15) is 13.2 Å². The molecule has 0 aliphatic heterocycles. The lowest BCUT2D eigenvalue weighted by Crippen LogP contribution is -2.34. The lowest BCUT2D eigenvalue weighted by atomic mass is 10.3. The summed E-state index contributed by atoms with van der Waals surface area (Å²) in [6.07, 6.45) is 0.0318. The van der Waals surface area contributed by atoms with E-state index in [2.05, 4.69) is 4.72 Å². The van der Waals surface area contributed by atoms with Crippen LogP contribution in [0.25, 0.3) is 0 Å². The van der Waals surface area contributed by atoms with Crippen LogP contribution in [0.2, 0.25) is 0 Å². The number of nitrogens with zero attached hydrogens (tertiary/aromatic N) is 1. The van der Waals surface area contributed by atoms with Crippen LogP contribution in [0, 0.1) is 0 Å². The minimum atomic E-state index is -3.32. The number of hydrogen-bond donors (Lipinski definition) is 2. The maximum Gasteiger partial charge on any atom is 0.303 e. The third-order valence-electron chi connectivity index (χ3n) is 2.16. The predicted octanol–water partition coefficient (Wildman–Crippen LogP) is -0.278. The Labute approximate surface area is 96.7 Å². The zero-order valence-electron chi connectivity index (χ0n) is 9.77. The number of hydrogen-bond acceptors (Lipinski definition) is 4. The maximum absolute atomic E-state index is 11.4. The van der Waals surface area contributed by atoms with Crippen LogP contribution < -0.4 is 4.72 Å². The molecule has 0 atom stereocenters. The molecule has 0 saturated heterocycles. The van der Waals surface area contributed by atoms with Crippen LogP contribution >= 0.6 is 0 Å². The molecule has 7 heteroatoms. The van der Waals surface area contributed by atoms with Crippen LogP contribution in [-0.4, -0.2) is 56.8 Å². The third-order valence-corrected chi connectivity index (χ3v) is 3.63. The number of carboxylic acids is 1. The molecule has 0 radical (unpaired) electrons. The highest BCUT2D eigenvalue weighted by Gasteiger charge is 2.10. The number of aliphatic carboxylic acids is 1. The maximum atomic E-state index is 11.4. The molecule has 0 heterocycles. The third kappa shape index (κ3) is 8.63. The zero-order valence-corrected chi connectivity index (χ0v) is 10.6. The molecule has 6 nitrogen and oxygen atoms in total. The Bertz CT molecular complexity index is 303. The van der Waals surface area contributed by atoms with Crippen molar-refractivity contribution in [3.63, 3.8) is 0 Å². The number of rotatable bonds is 9. The van der Waals surface area contributed by atoms with Crippen molar-refractivity contribution in [2.45, 2.75) is 19.8 Å². The van der Waals surface area contributed by atoms with Crippen molar-refractivity contribution in [2.24, 2.45) is 0 Å². The Morgan fingerprint density at radius 3 is 2.56 bits per heavy atom. The topological polar surface area (TPSA) is 86.7 Å². The molecular formula is C9H20N2O4S. The fraction of sp³-hybridized carbons (Fsp3) is 0.889. The van der Waals surface area contributed by atoms with Crippen LogP contribution in [-0.2, 0) is 14.8 Å². The van der Waals surface area contributed by atoms with E-state index in [4.69, 9.17) is 5.11 Å². The highest BCUT2D eigenvalue weighted by atomic mass is 32.2. The number of nitrogens with one attached hydrogen (secondary N) is 1. The Kier molecular flexibility index (Phi) is 7.27. The summed E-state index contributed by atoms with van der Waals surface area (Å²) < 4.78 is 25.2. The zero-order chi connectivity index (χ0) is 12.6. The number of carbonyl (C=O) groups is 1. The summed E-state index contributed by atoms with van der Waals surface area (Å²) in [5.41, 5.74) is 0. The molecule has 96 valence electrons. The van der Waals surface area contributed by atoms with Gasteiger partial charge in [-0.25, -0.2) is 13.1 Å². The first-order valence-electron chi connectivity index (χ1n) is 5.25. The molecule has 0 spiro atoms. The van der Waals surface area contributed by atoms with Crippen LogP contribution in [0.15, 0.2) is 0 Å². The Morgan fingerprint density at radius 2 is 2.06 bits per heavy atom. The van der Waals surface area contributed by atoms with Gasteiger partial charge < -0.3 is 10.0 Å². The Hall–Kier alpha value is -0.660. The largest absolute Gasteiger partial charge is 0.481 e. The van der Waals surface area contributed by atoms with Gasteiger partial charge in [0.25, 0.3) is 0 Å². The molecule has 0 saturated carbocycles. The number of sulfonamides is 1. The van der Waals surface area contributed by atoms with Crippen molar-refractivity contribution in [1.29, 1.82) is 0 Å². The number of carboxylic acid groups (broad SMARTS) is 1. The minimum Gasteiger partial charge on any atom is -0.481 e. The number of likely N-dealkylation sites (N-methyl/N-ethyl adjacent to an activating group) is 1. The summed E-state index contributed by atoms with van der Waals surface area (Å²) in [6.45, 7) is 3.86. The van der Waals surface area contributed by atoms with Crippen LogP contribution in [0.3, 0.4) is 0 Å². The molecule has 0 aromatic heterocycles. The van der Waals surface area contributed by atoms with Gasteiger partial charge in [0.1, 0.15) is 0 Å². The van der Waals surface area contributed by atoms with E-state index >= 15 is 0 Å². The molecule has 0 aliphatic carbocycles. The van der Waals surface area contributed by atoms with E-state index < -0.39 is 16.0 Å². The van der Waals surface area contributed by atoms with E-state index in [0.717, 1.165) is 6.54 Å². The molecule has 0 aromatic rings. The smallest absolute Gasteiger partial charge is 0.303 e. The van der Waals surface area contributed by atoms with Gasteiger partial charge in [-0.15, -0.1) is 0 Å². The molecule has 0 aliphatic rings. The predicted molar refractivity (Wildman–Crippen MR) is 61.8 cm³/mol. The quantitative estimate of drug-likeness (QED) is 0.589. The molecule has 0 unspecified atom stereocenters. The van der Waals surface area contributed by atoms with Crippen molar-refractivity contribution in [2.75, 3.05) is 32.4 Å². The van der Waals surface area contributed by atoms with Crippen molar-refractivity contribution in [1.82, 2.24) is 9.62 Å². The first-order chi connectivity index (χ1) is 7.37. The summed E-state index contributed by atoms with van der Waals surface area (Å²) in [5.74, 6) is -1.10. The molecule has 0 rings (SSSR count). The minimum absolute atomic E-state index is 0.115. The van der Waals surface area contributed by atoms with Crippen LogP contribution in [0.1, 0.15) is 19.8 Å². The van der Waals surface area contributed by atoms with Gasteiger partial charge in [-0.05, 0) is 20.0 Å². The fourth-order valence-electron chi connectivity index (χ4n) is 1.04. The van der Waals surface area contributed by atoms with Gasteiger partial charge in [0.15, 0.2) is 0 Å². The lowest BCUT2D eigenvalue weighted by Gasteiger charge is -2.13. The second-order valence-corrected chi connectivity index (χ2v) is 5.53. The highest BCUT2D eigenvalue weighted by molar-refractivity contribution is 7.89. The second-order valence-electron chi connectivity index (χ2n) is 3.61. The van der Waals surface area contributed by atoms with Crippen LogP contribution in [0.5, 0.6) is 0 Å². The van der Waals surface area contributed by atoms with Crippen molar-refractivity contribution in [3.05, 3.63) is 0 Å². The average molecular weight is 252 g/mol. The van der Waals surface area contributed by atoms with Gasteiger partial charge in [0.2, 0.25) is 10.0 Å². The Morgan fingerprint density at radius 1 is 1.44 bits per heavy atom. The van der Waals surface area contributed by atoms with E-state index in [1.165, 1.54) is 0 Å². The van der Waals surface area contributed by atoms with E-state index in [-0.39, 0.29) is 18.6 Å². The highest BCUT2D eigenvalue weighted by Crippen LogP contribution is 1.94. The van der Waals surface area contributed by atoms with Gasteiger partial charge in [0.05, 0.1) is 5.75 Å². The summed E-state index contributed by atoms with van der Waals surface area (Å²) >= 11 is 0. The molecule has 0 amide bonds. The van der Waals surface area contributed by atoms with Crippen LogP contribution in [0.4, 0.5) is 0 Å². The van der Waals surface area contributed by atoms with Gasteiger partial charge in [-0.1, -0.05) is 6.92 Å². The van der Waals surface area contributed by atoms with Crippen molar-refractivity contribution in [3.8, 4) is 0 Å². The fourth-order valence-corrected chi connectivity index (χ4v) is 2.11. The molecule has 16 heavy (non-hydrogen) atoms. The first-order valence-corrected chi connectivity index (χ1v) is 6.90. The second kappa shape index (κ2) is 7.59. The lowest BCUT2D eigenvalue weighted by molar-refractivity contribution is -0.137. The normalized spacial score (nSPS) is 11.9. The summed E-state index contributed by atoms with van der Waals surface area (Å²) in [7, 11) is -1.42. The van der Waals surface area contributed by atoms with E-state index in [1.54, 1.807) is 0 Å². The molecular weight excluding hydrogens is 232 g/mol. The van der Waals surface area contributed by atoms with Crippen molar-refractivity contribution >= 4 is 16.0 Å². The molecule has 2 N–H and O–H groups in total. The van der Waals surface area contributed by atoms with Crippen molar-refractivity contribution < 1.29 is 18.3 Å². The van der Waals surface area contributed by atoms with Gasteiger partial charge in [-0.3, -0.25) is 4.79 Å². The van der Waals surface area contributed by atoms with Gasteiger partial charge in [-0.2, -0.15) is 0 Å². The standard InChI is InChI=1S/C9H20N2O4S/c1-3-11(2)7-6-10-16(14,15)8-4-5-9(12)13/h10H,3-8H2,1-2H3,(H,12,13). The Balaban J connectivity index is 3.75. The van der Waals surface area contributed by atoms with Gasteiger partial charge in [0, 0.05) is 19.5 Å².